The van der Waals surface area contributed by atoms with Gasteiger partial charge in [-0.15, -0.1) is 0 Å². The minimum absolute atomic E-state index is 0.0321. The number of carbonyl (C=O) groups excluding carboxylic acids is 2. The monoisotopic (exact) mass is 409 g/mol. The number of hydrogen-bond acceptors (Lipinski definition) is 5. The van der Waals surface area contributed by atoms with Crippen LogP contribution < -0.4 is 5.32 Å². The first-order valence-electron chi connectivity index (χ1n) is 10.2. The fourth-order valence-corrected chi connectivity index (χ4v) is 3.73. The van der Waals surface area contributed by atoms with Gasteiger partial charge < -0.3 is 15.2 Å². The van der Waals surface area contributed by atoms with Crippen molar-refractivity contribution in [2.24, 2.45) is 12.5 Å². The van der Waals surface area contributed by atoms with Crippen LogP contribution in [0.4, 0.5) is 0 Å². The van der Waals surface area contributed by atoms with E-state index in [4.69, 9.17) is 0 Å². The van der Waals surface area contributed by atoms with Gasteiger partial charge in [0.15, 0.2) is 5.65 Å². The van der Waals surface area contributed by atoms with Gasteiger partial charge in [0.1, 0.15) is 11.6 Å². The Morgan fingerprint density at radius 1 is 1.20 bits per heavy atom. The quantitative estimate of drug-likeness (QED) is 0.686. The molecule has 4 rings (SSSR count). The lowest BCUT2D eigenvalue weighted by atomic mass is 9.85. The van der Waals surface area contributed by atoms with Crippen molar-refractivity contribution in [3.63, 3.8) is 0 Å². The lowest BCUT2D eigenvalue weighted by Gasteiger charge is -2.33. The van der Waals surface area contributed by atoms with Crippen molar-refractivity contribution < 1.29 is 9.59 Å². The highest BCUT2D eigenvalue weighted by Crippen LogP contribution is 2.25. The summed E-state index contributed by atoms with van der Waals surface area (Å²) in [6, 6.07) is -0.623. The number of nitrogens with zero attached hydrogens (tertiary/aromatic N) is 5. The first-order valence-corrected chi connectivity index (χ1v) is 10.2. The average Bonchev–Trinajstić information content (AvgIpc) is 3.44. The number of aryl methyl sites for hydroxylation is 1. The summed E-state index contributed by atoms with van der Waals surface area (Å²) in [4.78, 5) is 40.1. The van der Waals surface area contributed by atoms with Gasteiger partial charge in [-0.1, -0.05) is 20.8 Å². The maximum absolute atomic E-state index is 13.2. The summed E-state index contributed by atoms with van der Waals surface area (Å²) in [6.45, 7) is 7.37. The fraction of sp³-hybridized carbons (Fsp3) is 0.476. The Balaban J connectivity index is 1.63. The van der Waals surface area contributed by atoms with Crippen molar-refractivity contribution in [2.45, 2.75) is 39.7 Å². The van der Waals surface area contributed by atoms with Crippen molar-refractivity contribution in [1.29, 1.82) is 0 Å². The molecule has 9 nitrogen and oxygen atoms in total. The van der Waals surface area contributed by atoms with Crippen LogP contribution in [0.15, 0.2) is 24.8 Å². The molecule has 0 radical (unpaired) electrons. The molecule has 0 aliphatic carbocycles. The fourth-order valence-electron chi connectivity index (χ4n) is 3.73. The summed E-state index contributed by atoms with van der Waals surface area (Å²) in [5.74, 6) is -0.373. The lowest BCUT2D eigenvalue weighted by molar-refractivity contribution is -0.134. The number of amides is 2. The standard InChI is InChI=1S/C21H27N7O2/c1-21(2,3)17(20(30)28-7-5-6-8-28)26-19(29)14-10-22-18-16(14)25-15(11-23-18)13-9-24-27(4)12-13/h9-12,17H,5-8H2,1-4H3,(H,22,23)(H,26,29)/t17-/m0/s1. The molecule has 0 aromatic carbocycles. The minimum atomic E-state index is -0.623. The minimum Gasteiger partial charge on any atom is -0.344 e. The topological polar surface area (TPSA) is 109 Å². The summed E-state index contributed by atoms with van der Waals surface area (Å²) < 4.78 is 1.68. The van der Waals surface area contributed by atoms with Gasteiger partial charge >= 0.3 is 0 Å². The van der Waals surface area contributed by atoms with Gasteiger partial charge in [0, 0.05) is 38.1 Å². The van der Waals surface area contributed by atoms with Gasteiger partial charge in [0.25, 0.3) is 5.91 Å². The first-order chi connectivity index (χ1) is 14.2. The smallest absolute Gasteiger partial charge is 0.255 e. The van der Waals surface area contributed by atoms with E-state index in [1.54, 1.807) is 23.3 Å². The molecule has 0 bridgehead atoms. The number of aromatic amines is 1. The third kappa shape index (κ3) is 3.79. The molecule has 0 unspecified atom stereocenters. The van der Waals surface area contributed by atoms with E-state index in [1.807, 2.05) is 38.9 Å². The van der Waals surface area contributed by atoms with Gasteiger partial charge in [-0.25, -0.2) is 9.97 Å². The molecule has 2 amide bonds. The highest BCUT2D eigenvalue weighted by Gasteiger charge is 2.37. The number of hydrogen-bond donors (Lipinski definition) is 2. The SMILES string of the molecule is Cn1cc(-c2cnc3[nH]cc(C(=O)N[C@@H](C(=O)N4CCCC4)C(C)(C)C)c3n2)cn1. The van der Waals surface area contributed by atoms with E-state index in [2.05, 4.69) is 25.4 Å². The molecule has 158 valence electrons. The van der Waals surface area contributed by atoms with Crippen molar-refractivity contribution in [2.75, 3.05) is 13.1 Å². The van der Waals surface area contributed by atoms with Crippen molar-refractivity contribution in [3.05, 3.63) is 30.4 Å². The van der Waals surface area contributed by atoms with E-state index < -0.39 is 11.5 Å². The zero-order valence-corrected chi connectivity index (χ0v) is 17.8. The van der Waals surface area contributed by atoms with E-state index in [0.717, 1.165) is 31.5 Å². The summed E-state index contributed by atoms with van der Waals surface area (Å²) in [6.07, 6.45) is 8.79. The molecule has 1 aliphatic heterocycles. The summed E-state index contributed by atoms with van der Waals surface area (Å²) in [5.41, 5.74) is 2.38. The molecule has 1 fully saturated rings. The van der Waals surface area contributed by atoms with Crippen molar-refractivity contribution >= 4 is 23.0 Å². The molecule has 4 heterocycles. The van der Waals surface area contributed by atoms with Crippen molar-refractivity contribution in [1.82, 2.24) is 34.9 Å². The Kier molecular flexibility index (Phi) is 5.05. The Morgan fingerprint density at radius 3 is 2.57 bits per heavy atom. The molecule has 3 aromatic rings. The third-order valence-corrected chi connectivity index (χ3v) is 5.43. The van der Waals surface area contributed by atoms with Gasteiger partial charge in [0.05, 0.1) is 23.7 Å². The molecule has 30 heavy (non-hydrogen) atoms. The summed E-state index contributed by atoms with van der Waals surface area (Å²) >= 11 is 0. The summed E-state index contributed by atoms with van der Waals surface area (Å²) in [5, 5.41) is 7.12. The Hall–Kier alpha value is -3.23. The Morgan fingerprint density at radius 2 is 1.93 bits per heavy atom. The molecule has 9 heteroatoms. The highest BCUT2D eigenvalue weighted by molar-refractivity contribution is 6.06. The normalized spacial score (nSPS) is 15.5. The van der Waals surface area contributed by atoms with Crippen LogP contribution in [0, 0.1) is 5.41 Å². The molecule has 1 atom stereocenters. The van der Waals surface area contributed by atoms with E-state index >= 15 is 0 Å². The van der Waals surface area contributed by atoms with E-state index in [1.165, 1.54) is 0 Å². The highest BCUT2D eigenvalue weighted by atomic mass is 16.2. The average molecular weight is 409 g/mol. The van der Waals surface area contributed by atoms with Crippen LogP contribution in [0.5, 0.6) is 0 Å². The first kappa shape index (κ1) is 20.1. The van der Waals surface area contributed by atoms with E-state index in [0.29, 0.717) is 22.4 Å². The molecular formula is C21H27N7O2. The molecule has 3 aromatic heterocycles. The lowest BCUT2D eigenvalue weighted by Crippen LogP contribution is -2.54. The third-order valence-electron chi connectivity index (χ3n) is 5.43. The number of nitrogens with one attached hydrogen (secondary N) is 2. The zero-order chi connectivity index (χ0) is 21.5. The number of fused-ring (bicyclic) bond motifs is 1. The van der Waals surface area contributed by atoms with Gasteiger partial charge in [-0.3, -0.25) is 14.3 Å². The van der Waals surface area contributed by atoms with Crippen LogP contribution in [0.2, 0.25) is 0 Å². The van der Waals surface area contributed by atoms with E-state index in [9.17, 15) is 9.59 Å². The van der Waals surface area contributed by atoms with E-state index in [-0.39, 0.29) is 11.8 Å². The van der Waals surface area contributed by atoms with Crippen LogP contribution in [0.1, 0.15) is 44.0 Å². The van der Waals surface area contributed by atoms with Crippen LogP contribution in [-0.4, -0.2) is 60.6 Å². The van der Waals surface area contributed by atoms with Crippen LogP contribution in [-0.2, 0) is 11.8 Å². The predicted octanol–water partition coefficient (Wildman–Crippen LogP) is 2.13. The van der Waals surface area contributed by atoms with Crippen molar-refractivity contribution in [3.8, 4) is 11.3 Å². The molecule has 1 aliphatic rings. The second kappa shape index (κ2) is 7.55. The van der Waals surface area contributed by atoms with Crippen LogP contribution in [0.25, 0.3) is 22.4 Å². The molecular weight excluding hydrogens is 382 g/mol. The molecule has 0 spiro atoms. The Labute approximate surface area is 174 Å². The second-order valence-electron chi connectivity index (χ2n) is 8.86. The maximum atomic E-state index is 13.2. The number of likely N-dealkylation sites (tertiary alicyclic amines) is 1. The number of rotatable bonds is 4. The number of carbonyl (C=O) groups is 2. The number of aromatic nitrogens is 5. The Bertz CT molecular complexity index is 1090. The van der Waals surface area contributed by atoms with Gasteiger partial charge in [0.2, 0.25) is 5.91 Å². The van der Waals surface area contributed by atoms with Gasteiger partial charge in [-0.2, -0.15) is 5.10 Å². The predicted molar refractivity (Wildman–Crippen MR) is 113 cm³/mol. The summed E-state index contributed by atoms with van der Waals surface area (Å²) in [7, 11) is 1.83. The zero-order valence-electron chi connectivity index (χ0n) is 17.8. The number of H-pyrrole nitrogens is 1. The largest absolute Gasteiger partial charge is 0.344 e. The molecule has 2 N–H and O–H groups in total. The maximum Gasteiger partial charge on any atom is 0.255 e. The van der Waals surface area contributed by atoms with Crippen LogP contribution >= 0.6 is 0 Å². The molecule has 1 saturated heterocycles. The van der Waals surface area contributed by atoms with Gasteiger partial charge in [-0.05, 0) is 18.3 Å². The molecule has 0 saturated carbocycles. The van der Waals surface area contributed by atoms with Crippen LogP contribution in [0.3, 0.4) is 0 Å². The second-order valence-corrected chi connectivity index (χ2v) is 8.86.